The molecule has 0 bridgehead atoms. The summed E-state index contributed by atoms with van der Waals surface area (Å²) >= 11 is 3.34. The second kappa shape index (κ2) is 6.86. The predicted molar refractivity (Wildman–Crippen MR) is 67.4 cm³/mol. The van der Waals surface area contributed by atoms with E-state index in [-0.39, 0.29) is 11.9 Å². The zero-order valence-electron chi connectivity index (χ0n) is 9.59. The Labute approximate surface area is 104 Å². The average Bonchev–Trinajstić information content (AvgIpc) is 2.24. The molecule has 0 amide bonds. The van der Waals surface area contributed by atoms with E-state index in [1.165, 1.54) is 12.1 Å². The molecule has 0 heterocycles. The summed E-state index contributed by atoms with van der Waals surface area (Å²) in [6, 6.07) is 4.46. The van der Waals surface area contributed by atoms with Gasteiger partial charge in [0.05, 0.1) is 10.6 Å². The van der Waals surface area contributed by atoms with E-state index in [4.69, 9.17) is 4.74 Å². The van der Waals surface area contributed by atoms with Gasteiger partial charge in [0.2, 0.25) is 0 Å². The normalized spacial score (nSPS) is 12.5. The Bertz CT molecular complexity index is 333. The number of benzene rings is 1. The molecule has 0 aromatic heterocycles. The molecular formula is C12H17BrFNO. The lowest BCUT2D eigenvalue weighted by molar-refractivity contribution is 0.205. The van der Waals surface area contributed by atoms with E-state index in [2.05, 4.69) is 21.2 Å². The maximum Gasteiger partial charge on any atom is 0.136 e. The molecule has 0 aliphatic heterocycles. The molecule has 1 aromatic carbocycles. The van der Waals surface area contributed by atoms with Crippen LogP contribution >= 0.6 is 15.9 Å². The maximum absolute atomic E-state index is 13.0. The van der Waals surface area contributed by atoms with Crippen molar-refractivity contribution in [3.05, 3.63) is 28.5 Å². The summed E-state index contributed by atoms with van der Waals surface area (Å²) in [5.74, 6) is 0.289. The van der Waals surface area contributed by atoms with E-state index in [0.29, 0.717) is 5.75 Å². The Kier molecular flexibility index (Phi) is 5.77. The molecule has 0 fully saturated rings. The van der Waals surface area contributed by atoms with Crippen LogP contribution in [-0.4, -0.2) is 19.7 Å². The van der Waals surface area contributed by atoms with Crippen LogP contribution in [-0.2, 0) is 0 Å². The summed E-state index contributed by atoms with van der Waals surface area (Å²) in [6.07, 6.45) is 2.08. The number of rotatable bonds is 6. The first-order valence-electron chi connectivity index (χ1n) is 5.39. The second-order valence-electron chi connectivity index (χ2n) is 3.75. The van der Waals surface area contributed by atoms with E-state index in [1.54, 1.807) is 6.07 Å². The van der Waals surface area contributed by atoms with Gasteiger partial charge in [-0.25, -0.2) is 4.39 Å². The molecule has 0 saturated carbocycles. The standard InChI is InChI=1S/C12H17BrFNO/c1-9(4-3-7-15-2)16-12-8-10(14)5-6-11(12)13/h5-6,8-9,15H,3-4,7H2,1-2H3. The van der Waals surface area contributed by atoms with E-state index in [0.717, 1.165) is 23.9 Å². The van der Waals surface area contributed by atoms with Crippen LogP contribution in [0.4, 0.5) is 4.39 Å². The summed E-state index contributed by atoms with van der Waals surface area (Å²) in [5, 5.41) is 3.08. The molecule has 0 aliphatic rings. The third kappa shape index (κ3) is 4.49. The monoisotopic (exact) mass is 289 g/mol. The van der Waals surface area contributed by atoms with Gasteiger partial charge in [-0.05, 0) is 61.4 Å². The van der Waals surface area contributed by atoms with Gasteiger partial charge in [-0.3, -0.25) is 0 Å². The molecule has 0 aliphatic carbocycles. The molecule has 16 heavy (non-hydrogen) atoms. The third-order valence-corrected chi connectivity index (χ3v) is 2.91. The molecule has 1 rings (SSSR count). The van der Waals surface area contributed by atoms with Crippen LogP contribution in [0.3, 0.4) is 0 Å². The minimum atomic E-state index is -0.277. The van der Waals surface area contributed by atoms with Crippen molar-refractivity contribution in [1.29, 1.82) is 0 Å². The van der Waals surface area contributed by atoms with Crippen molar-refractivity contribution in [2.24, 2.45) is 0 Å². The fraction of sp³-hybridized carbons (Fsp3) is 0.500. The number of hydrogen-bond donors (Lipinski definition) is 1. The minimum absolute atomic E-state index is 0.0893. The van der Waals surface area contributed by atoms with Gasteiger partial charge in [0.1, 0.15) is 11.6 Å². The number of nitrogens with one attached hydrogen (secondary N) is 1. The lowest BCUT2D eigenvalue weighted by atomic mass is 10.2. The van der Waals surface area contributed by atoms with E-state index in [9.17, 15) is 4.39 Å². The summed E-state index contributed by atoms with van der Waals surface area (Å²) in [6.45, 7) is 2.96. The van der Waals surface area contributed by atoms with Gasteiger partial charge < -0.3 is 10.1 Å². The van der Waals surface area contributed by atoms with Crippen LogP contribution in [0.1, 0.15) is 19.8 Å². The van der Waals surface area contributed by atoms with Crippen molar-refractivity contribution in [3.8, 4) is 5.75 Å². The largest absolute Gasteiger partial charge is 0.489 e. The quantitative estimate of drug-likeness (QED) is 0.811. The number of halogens is 2. The zero-order valence-corrected chi connectivity index (χ0v) is 11.2. The van der Waals surface area contributed by atoms with Gasteiger partial charge in [0.25, 0.3) is 0 Å². The highest BCUT2D eigenvalue weighted by atomic mass is 79.9. The first-order valence-corrected chi connectivity index (χ1v) is 6.19. The van der Waals surface area contributed by atoms with Crippen LogP contribution in [0.5, 0.6) is 5.75 Å². The Morgan fingerprint density at radius 1 is 1.50 bits per heavy atom. The van der Waals surface area contributed by atoms with Crippen molar-refractivity contribution in [1.82, 2.24) is 5.32 Å². The summed E-state index contributed by atoms with van der Waals surface area (Å²) in [5.41, 5.74) is 0. The Hall–Kier alpha value is -0.610. The van der Waals surface area contributed by atoms with E-state index >= 15 is 0 Å². The lowest BCUT2D eigenvalue weighted by Gasteiger charge is -2.15. The van der Waals surface area contributed by atoms with Crippen molar-refractivity contribution >= 4 is 15.9 Å². The van der Waals surface area contributed by atoms with Crippen molar-refractivity contribution in [3.63, 3.8) is 0 Å². The molecular weight excluding hydrogens is 273 g/mol. The van der Waals surface area contributed by atoms with E-state index in [1.807, 2.05) is 14.0 Å². The second-order valence-corrected chi connectivity index (χ2v) is 4.60. The Morgan fingerprint density at radius 2 is 2.25 bits per heavy atom. The summed E-state index contributed by atoms with van der Waals surface area (Å²) in [4.78, 5) is 0. The number of hydrogen-bond acceptors (Lipinski definition) is 2. The van der Waals surface area contributed by atoms with Gasteiger partial charge in [0, 0.05) is 6.07 Å². The predicted octanol–water partition coefficient (Wildman–Crippen LogP) is 3.36. The van der Waals surface area contributed by atoms with Gasteiger partial charge >= 0.3 is 0 Å². The van der Waals surface area contributed by atoms with Gasteiger partial charge in [-0.1, -0.05) is 0 Å². The first kappa shape index (κ1) is 13.5. The van der Waals surface area contributed by atoms with E-state index < -0.39 is 0 Å². The highest BCUT2D eigenvalue weighted by Gasteiger charge is 2.07. The van der Waals surface area contributed by atoms with Crippen LogP contribution in [0.2, 0.25) is 0 Å². The third-order valence-electron chi connectivity index (χ3n) is 2.26. The zero-order chi connectivity index (χ0) is 12.0. The first-order chi connectivity index (χ1) is 7.63. The highest BCUT2D eigenvalue weighted by molar-refractivity contribution is 9.10. The van der Waals surface area contributed by atoms with Crippen LogP contribution in [0.15, 0.2) is 22.7 Å². The maximum atomic E-state index is 13.0. The molecule has 0 saturated heterocycles. The van der Waals surface area contributed by atoms with Gasteiger partial charge in [-0.15, -0.1) is 0 Å². The minimum Gasteiger partial charge on any atom is -0.489 e. The van der Waals surface area contributed by atoms with Gasteiger partial charge in [-0.2, -0.15) is 0 Å². The molecule has 1 N–H and O–H groups in total. The summed E-state index contributed by atoms with van der Waals surface area (Å²) in [7, 11) is 1.93. The highest BCUT2D eigenvalue weighted by Crippen LogP contribution is 2.26. The van der Waals surface area contributed by atoms with Crippen LogP contribution < -0.4 is 10.1 Å². The number of ether oxygens (including phenoxy) is 1. The average molecular weight is 290 g/mol. The lowest BCUT2D eigenvalue weighted by Crippen LogP contribution is -2.16. The Morgan fingerprint density at radius 3 is 2.94 bits per heavy atom. The molecule has 2 nitrogen and oxygen atoms in total. The fourth-order valence-corrected chi connectivity index (χ4v) is 1.75. The molecule has 4 heteroatoms. The molecule has 1 aromatic rings. The summed E-state index contributed by atoms with van der Waals surface area (Å²) < 4.78 is 19.4. The van der Waals surface area contributed by atoms with Crippen molar-refractivity contribution < 1.29 is 9.13 Å². The SMILES string of the molecule is CNCCCC(C)Oc1cc(F)ccc1Br. The molecule has 0 radical (unpaired) electrons. The van der Waals surface area contributed by atoms with Crippen LogP contribution in [0.25, 0.3) is 0 Å². The van der Waals surface area contributed by atoms with Crippen LogP contribution in [0, 0.1) is 5.82 Å². The van der Waals surface area contributed by atoms with Crippen molar-refractivity contribution in [2.45, 2.75) is 25.9 Å². The smallest absolute Gasteiger partial charge is 0.136 e. The Balaban J connectivity index is 2.48. The topological polar surface area (TPSA) is 21.3 Å². The van der Waals surface area contributed by atoms with Gasteiger partial charge in [0.15, 0.2) is 0 Å². The molecule has 1 unspecified atom stereocenters. The molecule has 1 atom stereocenters. The van der Waals surface area contributed by atoms with Crippen molar-refractivity contribution in [2.75, 3.05) is 13.6 Å². The fourth-order valence-electron chi connectivity index (χ4n) is 1.41. The molecule has 90 valence electrons. The molecule has 0 spiro atoms.